The molecule has 0 heterocycles. The van der Waals surface area contributed by atoms with Gasteiger partial charge in [0.25, 0.3) is 0 Å². The van der Waals surface area contributed by atoms with Crippen molar-refractivity contribution < 1.29 is 24.2 Å². The second kappa shape index (κ2) is 8.69. The average Bonchev–Trinajstić information content (AvgIpc) is 2.60. The van der Waals surface area contributed by atoms with E-state index in [1.807, 2.05) is 44.2 Å². The van der Waals surface area contributed by atoms with Crippen LogP contribution in [-0.2, 0) is 20.9 Å². The van der Waals surface area contributed by atoms with Gasteiger partial charge in [0.2, 0.25) is 5.91 Å². The van der Waals surface area contributed by atoms with E-state index in [2.05, 4.69) is 10.6 Å². The van der Waals surface area contributed by atoms with Crippen LogP contribution in [-0.4, -0.2) is 35.7 Å². The van der Waals surface area contributed by atoms with Crippen LogP contribution in [0, 0.1) is 11.3 Å². The van der Waals surface area contributed by atoms with Gasteiger partial charge in [0, 0.05) is 24.9 Å². The molecule has 1 aromatic rings. The first kappa shape index (κ1) is 19.8. The van der Waals surface area contributed by atoms with Crippen molar-refractivity contribution in [3.8, 4) is 0 Å². The Balaban J connectivity index is 1.72. The van der Waals surface area contributed by atoms with Crippen LogP contribution in [0.4, 0.5) is 4.79 Å². The SMILES string of the molecule is CC1(C)[C@@H](NC(=O)OCc2ccccc2)C[C@H]1C(=O)NCCCC(=O)O. The summed E-state index contributed by atoms with van der Waals surface area (Å²) in [5.74, 6) is -1.19. The number of ether oxygens (including phenoxy) is 1. The number of carbonyl (C=O) groups is 3. The van der Waals surface area contributed by atoms with Crippen molar-refractivity contribution in [1.29, 1.82) is 0 Å². The van der Waals surface area contributed by atoms with Crippen LogP contribution < -0.4 is 10.6 Å². The Morgan fingerprint density at radius 2 is 1.92 bits per heavy atom. The van der Waals surface area contributed by atoms with Crippen LogP contribution >= 0.6 is 0 Å². The fraction of sp³-hybridized carbons (Fsp3) is 0.526. The Bertz CT molecular complexity index is 645. The lowest BCUT2D eigenvalue weighted by molar-refractivity contribution is -0.139. The standard InChI is InChI=1S/C19H26N2O5/c1-19(2)14(17(24)20-10-6-9-16(22)23)11-15(19)21-18(25)26-12-13-7-4-3-5-8-13/h3-5,7-8,14-15H,6,9-12H2,1-2H3,(H,20,24)(H,21,25)(H,22,23)/t14-,15-/m0/s1. The van der Waals surface area contributed by atoms with Gasteiger partial charge in [0.15, 0.2) is 0 Å². The summed E-state index contributed by atoms with van der Waals surface area (Å²) in [6.07, 6.45) is 0.485. The monoisotopic (exact) mass is 362 g/mol. The molecule has 0 saturated heterocycles. The summed E-state index contributed by atoms with van der Waals surface area (Å²) in [6, 6.07) is 9.28. The van der Waals surface area contributed by atoms with Gasteiger partial charge in [-0.25, -0.2) is 4.79 Å². The first-order valence-corrected chi connectivity index (χ1v) is 8.77. The molecule has 0 aliphatic heterocycles. The maximum absolute atomic E-state index is 12.2. The summed E-state index contributed by atoms with van der Waals surface area (Å²) in [6.45, 7) is 4.41. The molecule has 1 aliphatic carbocycles. The highest BCUT2D eigenvalue weighted by molar-refractivity contribution is 5.81. The Morgan fingerprint density at radius 1 is 1.23 bits per heavy atom. The van der Waals surface area contributed by atoms with Crippen molar-refractivity contribution in [3.63, 3.8) is 0 Å². The maximum Gasteiger partial charge on any atom is 0.407 e. The fourth-order valence-electron chi connectivity index (χ4n) is 3.10. The first-order valence-electron chi connectivity index (χ1n) is 8.77. The van der Waals surface area contributed by atoms with Crippen LogP contribution in [0.3, 0.4) is 0 Å². The van der Waals surface area contributed by atoms with E-state index in [4.69, 9.17) is 9.84 Å². The number of rotatable bonds is 8. The molecule has 3 N–H and O–H groups in total. The molecule has 0 bridgehead atoms. The molecule has 1 saturated carbocycles. The second-order valence-electron chi connectivity index (χ2n) is 7.16. The van der Waals surface area contributed by atoms with Crippen LogP contribution in [0.1, 0.15) is 38.7 Å². The molecule has 142 valence electrons. The van der Waals surface area contributed by atoms with E-state index in [1.54, 1.807) is 0 Å². The predicted molar refractivity (Wildman–Crippen MR) is 95.3 cm³/mol. The van der Waals surface area contributed by atoms with Gasteiger partial charge in [-0.1, -0.05) is 44.2 Å². The molecule has 26 heavy (non-hydrogen) atoms. The number of hydrogen-bond donors (Lipinski definition) is 3. The van der Waals surface area contributed by atoms with Gasteiger partial charge in [-0.3, -0.25) is 9.59 Å². The molecule has 7 heteroatoms. The summed E-state index contributed by atoms with van der Waals surface area (Å²) >= 11 is 0. The third-order valence-electron chi connectivity index (χ3n) is 4.96. The lowest BCUT2D eigenvalue weighted by Crippen LogP contribution is -2.62. The third kappa shape index (κ3) is 5.21. The summed E-state index contributed by atoms with van der Waals surface area (Å²) in [7, 11) is 0. The Morgan fingerprint density at radius 3 is 2.54 bits per heavy atom. The number of aliphatic carboxylic acids is 1. The van der Waals surface area contributed by atoms with Gasteiger partial charge >= 0.3 is 12.1 Å². The number of carboxylic acid groups (broad SMARTS) is 1. The Kier molecular flexibility index (Phi) is 6.60. The smallest absolute Gasteiger partial charge is 0.407 e. The van der Waals surface area contributed by atoms with E-state index in [0.29, 0.717) is 19.4 Å². The van der Waals surface area contributed by atoms with Crippen molar-refractivity contribution in [2.24, 2.45) is 11.3 Å². The molecular formula is C19H26N2O5. The van der Waals surface area contributed by atoms with Gasteiger partial charge in [0.05, 0.1) is 0 Å². The van der Waals surface area contributed by atoms with Gasteiger partial charge in [-0.15, -0.1) is 0 Å². The highest BCUT2D eigenvalue weighted by Gasteiger charge is 2.52. The van der Waals surface area contributed by atoms with E-state index in [9.17, 15) is 14.4 Å². The molecule has 0 radical (unpaired) electrons. The van der Waals surface area contributed by atoms with E-state index in [0.717, 1.165) is 5.56 Å². The first-order chi connectivity index (χ1) is 12.3. The van der Waals surface area contributed by atoms with Crippen LogP contribution in [0.15, 0.2) is 30.3 Å². The van der Waals surface area contributed by atoms with Crippen LogP contribution in [0.5, 0.6) is 0 Å². The number of alkyl carbamates (subject to hydrolysis) is 1. The molecule has 0 spiro atoms. The minimum atomic E-state index is -0.874. The summed E-state index contributed by atoms with van der Waals surface area (Å²) in [5, 5.41) is 14.2. The van der Waals surface area contributed by atoms with E-state index < -0.39 is 12.1 Å². The average molecular weight is 362 g/mol. The lowest BCUT2D eigenvalue weighted by Gasteiger charge is -2.50. The molecule has 1 aliphatic rings. The van der Waals surface area contributed by atoms with Crippen molar-refractivity contribution in [2.75, 3.05) is 6.54 Å². The normalized spacial score (nSPS) is 20.5. The molecular weight excluding hydrogens is 336 g/mol. The zero-order valence-electron chi connectivity index (χ0n) is 15.2. The van der Waals surface area contributed by atoms with Crippen molar-refractivity contribution in [3.05, 3.63) is 35.9 Å². The molecule has 2 amide bonds. The fourth-order valence-corrected chi connectivity index (χ4v) is 3.10. The number of amides is 2. The van der Waals surface area contributed by atoms with Crippen molar-refractivity contribution >= 4 is 18.0 Å². The highest BCUT2D eigenvalue weighted by Crippen LogP contribution is 2.46. The number of hydrogen-bond acceptors (Lipinski definition) is 4. The van der Waals surface area contributed by atoms with E-state index in [-0.39, 0.29) is 36.3 Å². The quantitative estimate of drug-likeness (QED) is 0.616. The topological polar surface area (TPSA) is 105 Å². The summed E-state index contributed by atoms with van der Waals surface area (Å²) in [4.78, 5) is 34.7. The number of carboxylic acids is 1. The highest BCUT2D eigenvalue weighted by atomic mass is 16.5. The second-order valence-corrected chi connectivity index (χ2v) is 7.16. The zero-order valence-corrected chi connectivity index (χ0v) is 15.2. The minimum Gasteiger partial charge on any atom is -0.481 e. The largest absolute Gasteiger partial charge is 0.481 e. The Hall–Kier alpha value is -2.57. The summed E-state index contributed by atoms with van der Waals surface area (Å²) in [5.41, 5.74) is 0.525. The molecule has 7 nitrogen and oxygen atoms in total. The van der Waals surface area contributed by atoms with Gasteiger partial charge in [-0.05, 0) is 23.8 Å². The molecule has 0 unspecified atom stereocenters. The van der Waals surface area contributed by atoms with E-state index >= 15 is 0 Å². The predicted octanol–water partition coefficient (Wildman–Crippen LogP) is 2.31. The van der Waals surface area contributed by atoms with Gasteiger partial charge in [0.1, 0.15) is 6.61 Å². The molecule has 1 aromatic carbocycles. The van der Waals surface area contributed by atoms with E-state index in [1.165, 1.54) is 0 Å². The molecule has 2 rings (SSSR count). The zero-order chi connectivity index (χ0) is 19.2. The summed E-state index contributed by atoms with van der Waals surface area (Å²) < 4.78 is 5.22. The minimum absolute atomic E-state index is 0.0335. The number of carbonyl (C=O) groups excluding carboxylic acids is 2. The Labute approximate surface area is 153 Å². The van der Waals surface area contributed by atoms with Crippen molar-refractivity contribution in [1.82, 2.24) is 10.6 Å². The van der Waals surface area contributed by atoms with Gasteiger partial charge < -0.3 is 20.5 Å². The van der Waals surface area contributed by atoms with Crippen molar-refractivity contribution in [2.45, 2.75) is 45.8 Å². The molecule has 1 fully saturated rings. The number of nitrogens with one attached hydrogen (secondary N) is 2. The maximum atomic E-state index is 12.2. The van der Waals surface area contributed by atoms with Gasteiger partial charge in [-0.2, -0.15) is 0 Å². The van der Waals surface area contributed by atoms with Crippen LogP contribution in [0.2, 0.25) is 0 Å². The lowest BCUT2D eigenvalue weighted by atomic mass is 9.58. The molecule has 0 aromatic heterocycles. The van der Waals surface area contributed by atoms with Crippen LogP contribution in [0.25, 0.3) is 0 Å². The third-order valence-corrected chi connectivity index (χ3v) is 4.96. The number of benzene rings is 1. The molecule has 2 atom stereocenters.